The van der Waals surface area contributed by atoms with Gasteiger partial charge in [-0.15, -0.1) is 0 Å². The number of carbonyl (C=O) groups is 1. The summed E-state index contributed by atoms with van der Waals surface area (Å²) in [5, 5.41) is 5.69. The molecule has 4 unspecified atom stereocenters. The summed E-state index contributed by atoms with van der Waals surface area (Å²) >= 11 is 0. The summed E-state index contributed by atoms with van der Waals surface area (Å²) in [4.78, 5) is 15.0. The summed E-state index contributed by atoms with van der Waals surface area (Å²) in [6, 6.07) is 1.53. The van der Waals surface area contributed by atoms with E-state index < -0.39 is 53.4 Å². The van der Waals surface area contributed by atoms with Crippen molar-refractivity contribution in [2.75, 3.05) is 13.2 Å². The molecule has 232 valence electrons. The van der Waals surface area contributed by atoms with Gasteiger partial charge in [0.05, 0.1) is 12.6 Å². The minimum absolute atomic E-state index is 0.0174. The van der Waals surface area contributed by atoms with E-state index in [1.54, 1.807) is 0 Å². The van der Waals surface area contributed by atoms with Crippen LogP contribution in [0.2, 0.25) is 0 Å². The third-order valence-corrected chi connectivity index (χ3v) is 8.66. The summed E-state index contributed by atoms with van der Waals surface area (Å²) in [7, 11) is 0. The van der Waals surface area contributed by atoms with E-state index in [1.807, 2.05) is 11.8 Å². The highest BCUT2D eigenvalue weighted by Gasteiger charge is 2.63. The molecule has 6 nitrogen and oxygen atoms in total. The average molecular weight is 594 g/mol. The molecule has 1 aromatic carbocycles. The Labute approximate surface area is 237 Å². The molecule has 4 rings (SSSR count). The van der Waals surface area contributed by atoms with Crippen molar-refractivity contribution >= 4 is 6.03 Å². The number of nitrogens with zero attached hydrogens (tertiary/aromatic N) is 1. The number of rotatable bonds is 10. The van der Waals surface area contributed by atoms with Gasteiger partial charge in [0, 0.05) is 43.5 Å². The molecule has 0 radical (unpaired) electrons. The third kappa shape index (κ3) is 7.42. The molecule has 0 spiro atoms. The summed E-state index contributed by atoms with van der Waals surface area (Å²) in [6.45, 7) is 4.58. The van der Waals surface area contributed by atoms with Gasteiger partial charge < -0.3 is 20.1 Å². The maximum Gasteiger partial charge on any atom is 0.421 e. The van der Waals surface area contributed by atoms with Crippen LogP contribution in [0.5, 0.6) is 5.75 Å². The lowest BCUT2D eigenvalue weighted by atomic mass is 9.85. The lowest BCUT2D eigenvalue weighted by molar-refractivity contribution is -0.334. The van der Waals surface area contributed by atoms with Gasteiger partial charge in [0.15, 0.2) is 11.8 Å². The van der Waals surface area contributed by atoms with E-state index in [9.17, 15) is 31.1 Å². The second-order valence-corrected chi connectivity index (χ2v) is 11.7. The van der Waals surface area contributed by atoms with Crippen LogP contribution in [0.25, 0.3) is 0 Å². The van der Waals surface area contributed by atoms with E-state index in [0.717, 1.165) is 37.8 Å². The number of amides is 2. The van der Waals surface area contributed by atoms with Crippen LogP contribution in [0.15, 0.2) is 18.2 Å². The van der Waals surface area contributed by atoms with E-state index in [2.05, 4.69) is 17.6 Å². The van der Waals surface area contributed by atoms with Crippen LogP contribution in [0.3, 0.4) is 0 Å². The zero-order valence-electron chi connectivity index (χ0n) is 23.7. The minimum atomic E-state index is -4.79. The Morgan fingerprint density at radius 3 is 2.39 bits per heavy atom. The van der Waals surface area contributed by atoms with Crippen molar-refractivity contribution in [1.82, 2.24) is 15.5 Å². The van der Waals surface area contributed by atoms with E-state index in [0.29, 0.717) is 19.4 Å². The number of hydrogen-bond acceptors (Lipinski definition) is 4. The number of halogens is 6. The quantitative estimate of drug-likeness (QED) is 0.226. The summed E-state index contributed by atoms with van der Waals surface area (Å²) in [5.41, 5.74) is -3.09. The lowest BCUT2D eigenvalue weighted by Crippen LogP contribution is -2.62. The zero-order chi connectivity index (χ0) is 29.8. The Balaban J connectivity index is 1.57. The van der Waals surface area contributed by atoms with Crippen molar-refractivity contribution in [3.05, 3.63) is 29.6 Å². The van der Waals surface area contributed by atoms with Gasteiger partial charge in [-0.05, 0) is 57.2 Å². The van der Waals surface area contributed by atoms with Crippen LogP contribution in [0.4, 0.5) is 31.1 Å². The molecule has 2 amide bonds. The van der Waals surface area contributed by atoms with E-state index in [4.69, 9.17) is 9.47 Å². The molecule has 3 fully saturated rings. The molecule has 4 atom stereocenters. The van der Waals surface area contributed by atoms with Crippen LogP contribution in [0, 0.1) is 5.82 Å². The Morgan fingerprint density at radius 2 is 1.78 bits per heavy atom. The molecule has 0 bridgehead atoms. The SMILES string of the molecule is CCCCCCN1C(C)CCC(NC(=O)NC2CCC(F)(F)CC2)C1Oc1ccc(F)cc1C1(C(F)(F)F)CCO1. The van der Waals surface area contributed by atoms with Gasteiger partial charge in [-0.1, -0.05) is 26.2 Å². The van der Waals surface area contributed by atoms with Crippen molar-refractivity contribution in [3.8, 4) is 5.75 Å². The van der Waals surface area contributed by atoms with Crippen molar-refractivity contribution < 1.29 is 40.6 Å². The molecule has 2 saturated heterocycles. The molecule has 1 saturated carbocycles. The molecule has 0 aromatic heterocycles. The van der Waals surface area contributed by atoms with Crippen LogP contribution >= 0.6 is 0 Å². The van der Waals surface area contributed by atoms with Crippen molar-refractivity contribution in [2.45, 2.75) is 127 Å². The van der Waals surface area contributed by atoms with E-state index >= 15 is 0 Å². The molecule has 12 heteroatoms. The second kappa shape index (κ2) is 13.0. The fraction of sp³-hybridized carbons (Fsp3) is 0.759. The van der Waals surface area contributed by atoms with Gasteiger partial charge in [-0.25, -0.2) is 18.0 Å². The molecular formula is C29H41F6N3O3. The molecule has 1 aliphatic carbocycles. The van der Waals surface area contributed by atoms with Crippen LogP contribution in [-0.2, 0) is 10.3 Å². The average Bonchev–Trinajstić information content (AvgIpc) is 2.86. The Morgan fingerprint density at radius 1 is 1.07 bits per heavy atom. The van der Waals surface area contributed by atoms with Crippen molar-refractivity contribution in [1.29, 1.82) is 0 Å². The Hall–Kier alpha value is -2.21. The normalized spacial score (nSPS) is 29.0. The van der Waals surface area contributed by atoms with Gasteiger partial charge in [-0.2, -0.15) is 13.2 Å². The number of ether oxygens (including phenoxy) is 2. The third-order valence-electron chi connectivity index (χ3n) is 8.66. The monoisotopic (exact) mass is 593 g/mol. The van der Waals surface area contributed by atoms with Gasteiger partial charge in [-0.3, -0.25) is 4.90 Å². The van der Waals surface area contributed by atoms with Crippen molar-refractivity contribution in [3.63, 3.8) is 0 Å². The summed E-state index contributed by atoms with van der Waals surface area (Å²) in [5.74, 6) is -3.72. The largest absolute Gasteiger partial charge is 0.472 e. The number of alkyl halides is 5. The highest BCUT2D eigenvalue weighted by molar-refractivity contribution is 5.74. The first-order valence-electron chi connectivity index (χ1n) is 14.7. The number of unbranched alkanes of at least 4 members (excludes halogenated alkanes) is 3. The first-order valence-corrected chi connectivity index (χ1v) is 14.7. The first kappa shape index (κ1) is 31.7. The topological polar surface area (TPSA) is 62.8 Å². The van der Waals surface area contributed by atoms with E-state index in [-0.39, 0.29) is 50.5 Å². The number of urea groups is 1. The predicted octanol–water partition coefficient (Wildman–Crippen LogP) is 7.02. The fourth-order valence-electron chi connectivity index (χ4n) is 6.10. The van der Waals surface area contributed by atoms with Gasteiger partial charge >= 0.3 is 12.2 Å². The van der Waals surface area contributed by atoms with Crippen molar-refractivity contribution in [2.24, 2.45) is 0 Å². The highest BCUT2D eigenvalue weighted by atomic mass is 19.4. The number of piperidine rings is 1. The smallest absolute Gasteiger partial charge is 0.421 e. The van der Waals surface area contributed by atoms with Crippen LogP contribution in [-0.4, -0.2) is 60.5 Å². The highest BCUT2D eigenvalue weighted by Crippen LogP contribution is 2.53. The van der Waals surface area contributed by atoms with Crippen LogP contribution < -0.4 is 15.4 Å². The number of hydrogen-bond donors (Lipinski definition) is 2. The van der Waals surface area contributed by atoms with Gasteiger partial charge in [0.2, 0.25) is 5.92 Å². The summed E-state index contributed by atoms with van der Waals surface area (Å²) in [6.07, 6.45) is -1.21. The standard InChI is InChI=1S/C29H41F6N3O3/c1-3-4-5-6-16-38-19(2)7-9-23(37-26(39)36-21-11-13-27(31,32)14-12-21)25(38)41-24-10-8-20(30)18-22(24)28(15-17-40-28)29(33,34)35/h8,10,18-19,21,23,25H,3-7,9,11-17H2,1-2H3,(H2,36,37,39). The summed E-state index contributed by atoms with van der Waals surface area (Å²) < 4.78 is 95.4. The molecule has 3 aliphatic rings. The minimum Gasteiger partial charge on any atom is -0.472 e. The first-order chi connectivity index (χ1) is 19.3. The molecule has 1 aromatic rings. The Bertz CT molecular complexity index is 1030. The number of likely N-dealkylation sites (tertiary alicyclic amines) is 1. The molecule has 2 aliphatic heterocycles. The lowest BCUT2D eigenvalue weighted by Gasteiger charge is -2.47. The van der Waals surface area contributed by atoms with E-state index in [1.165, 1.54) is 6.07 Å². The van der Waals surface area contributed by atoms with Crippen LogP contribution in [0.1, 0.15) is 90.0 Å². The molecular weight excluding hydrogens is 552 g/mol. The number of benzene rings is 1. The fourth-order valence-corrected chi connectivity index (χ4v) is 6.10. The Kier molecular flexibility index (Phi) is 10.0. The number of nitrogens with one attached hydrogen (secondary N) is 2. The second-order valence-electron chi connectivity index (χ2n) is 11.7. The maximum atomic E-state index is 14.3. The van der Waals surface area contributed by atoms with Gasteiger partial charge in [0.1, 0.15) is 11.6 Å². The number of carbonyl (C=O) groups excluding carboxylic acids is 1. The molecule has 2 N–H and O–H groups in total. The molecule has 41 heavy (non-hydrogen) atoms. The molecule has 2 heterocycles. The zero-order valence-corrected chi connectivity index (χ0v) is 23.7. The maximum absolute atomic E-state index is 14.3. The van der Waals surface area contributed by atoms with Gasteiger partial charge in [0.25, 0.3) is 0 Å². The predicted molar refractivity (Wildman–Crippen MR) is 141 cm³/mol.